The van der Waals surface area contributed by atoms with Crippen molar-refractivity contribution in [3.63, 3.8) is 0 Å². The maximum absolute atomic E-state index is 12.3. The summed E-state index contributed by atoms with van der Waals surface area (Å²) in [5.74, 6) is 0.416. The smallest absolute Gasteiger partial charge is 0.260 e. The summed E-state index contributed by atoms with van der Waals surface area (Å²) in [5, 5.41) is 2.67. The lowest BCUT2D eigenvalue weighted by molar-refractivity contribution is 0.102. The monoisotopic (exact) mass is 327 g/mol. The average molecular weight is 328 g/mol. The molecule has 110 valence electrons. The Bertz CT molecular complexity index is 680. The first-order chi connectivity index (χ1) is 10.1. The second kappa shape index (κ2) is 6.60. The maximum Gasteiger partial charge on any atom is 0.260 e. The first kappa shape index (κ1) is 15.3. The number of aromatic nitrogens is 2. The van der Waals surface area contributed by atoms with Crippen LogP contribution >= 0.6 is 23.2 Å². The van der Waals surface area contributed by atoms with Crippen LogP contribution in [0.15, 0.2) is 24.5 Å². The first-order valence-electron chi connectivity index (χ1n) is 5.76. The molecule has 0 fully saturated rings. The molecule has 1 heterocycles. The number of halogens is 2. The Balaban J connectivity index is 2.35. The highest BCUT2D eigenvalue weighted by atomic mass is 35.5. The Morgan fingerprint density at radius 1 is 1.19 bits per heavy atom. The molecule has 1 aromatic carbocycles. The molecule has 6 nitrogen and oxygen atoms in total. The number of amides is 1. The molecule has 1 N–H and O–H groups in total. The van der Waals surface area contributed by atoms with Crippen LogP contribution in [0.1, 0.15) is 10.4 Å². The van der Waals surface area contributed by atoms with Gasteiger partial charge in [-0.1, -0.05) is 29.3 Å². The fourth-order valence-corrected chi connectivity index (χ4v) is 1.95. The molecule has 0 radical (unpaired) electrons. The van der Waals surface area contributed by atoms with E-state index in [0.29, 0.717) is 11.5 Å². The van der Waals surface area contributed by atoms with Crippen LogP contribution in [0.25, 0.3) is 0 Å². The van der Waals surface area contributed by atoms with Gasteiger partial charge in [-0.3, -0.25) is 4.79 Å². The number of rotatable bonds is 4. The number of hydrogen-bond donors (Lipinski definition) is 1. The highest BCUT2D eigenvalue weighted by Crippen LogP contribution is 2.32. The second-order valence-corrected chi connectivity index (χ2v) is 4.56. The number of ether oxygens (including phenoxy) is 2. The van der Waals surface area contributed by atoms with Gasteiger partial charge in [-0.2, -0.15) is 0 Å². The summed E-state index contributed by atoms with van der Waals surface area (Å²) in [7, 11) is 2.93. The zero-order valence-electron chi connectivity index (χ0n) is 11.2. The highest BCUT2D eigenvalue weighted by Gasteiger charge is 2.18. The fraction of sp³-hybridized carbons (Fsp3) is 0.154. The summed E-state index contributed by atoms with van der Waals surface area (Å²) in [6.45, 7) is 0. The summed E-state index contributed by atoms with van der Waals surface area (Å²) in [6.07, 6.45) is 1.20. The third kappa shape index (κ3) is 3.17. The van der Waals surface area contributed by atoms with Gasteiger partial charge in [-0.15, -0.1) is 0 Å². The van der Waals surface area contributed by atoms with Crippen molar-refractivity contribution in [2.45, 2.75) is 0 Å². The number of anilines is 1. The van der Waals surface area contributed by atoms with Gasteiger partial charge in [0.2, 0.25) is 0 Å². The van der Waals surface area contributed by atoms with Crippen LogP contribution in [0.4, 0.5) is 5.82 Å². The van der Waals surface area contributed by atoms with Gasteiger partial charge in [0.15, 0.2) is 22.5 Å². The molecule has 0 aliphatic heterocycles. The minimum atomic E-state index is -0.456. The van der Waals surface area contributed by atoms with Gasteiger partial charge in [0.25, 0.3) is 5.91 Å². The molecule has 21 heavy (non-hydrogen) atoms. The molecular formula is C13H11Cl2N3O3. The summed E-state index contributed by atoms with van der Waals surface area (Å²) < 4.78 is 10.3. The van der Waals surface area contributed by atoms with Crippen molar-refractivity contribution in [2.24, 2.45) is 0 Å². The molecule has 0 saturated carbocycles. The number of carbonyl (C=O) groups is 1. The van der Waals surface area contributed by atoms with E-state index < -0.39 is 5.91 Å². The van der Waals surface area contributed by atoms with E-state index >= 15 is 0 Å². The van der Waals surface area contributed by atoms with E-state index in [9.17, 15) is 4.79 Å². The first-order valence-corrected chi connectivity index (χ1v) is 6.52. The Labute approximate surface area is 131 Å². The predicted molar refractivity (Wildman–Crippen MR) is 79.6 cm³/mol. The lowest BCUT2D eigenvalue weighted by Crippen LogP contribution is -2.15. The minimum absolute atomic E-state index is 0.0552. The summed E-state index contributed by atoms with van der Waals surface area (Å²) in [6, 6.07) is 4.95. The van der Waals surface area contributed by atoms with Gasteiger partial charge in [0, 0.05) is 0 Å². The van der Waals surface area contributed by atoms with E-state index in [1.807, 2.05) is 0 Å². The van der Waals surface area contributed by atoms with Crippen LogP contribution in [-0.4, -0.2) is 30.1 Å². The van der Waals surface area contributed by atoms with Crippen LogP contribution in [0.3, 0.4) is 0 Å². The third-order valence-corrected chi connectivity index (χ3v) is 3.37. The van der Waals surface area contributed by atoms with Crippen molar-refractivity contribution in [3.05, 3.63) is 40.3 Å². The summed E-state index contributed by atoms with van der Waals surface area (Å²) in [4.78, 5) is 19.9. The number of benzene rings is 1. The zero-order valence-corrected chi connectivity index (χ0v) is 12.7. The fourth-order valence-electron chi connectivity index (χ4n) is 1.68. The van der Waals surface area contributed by atoms with E-state index in [0.717, 1.165) is 0 Å². The largest absolute Gasteiger partial charge is 0.493 e. The average Bonchev–Trinajstić information content (AvgIpc) is 2.50. The van der Waals surface area contributed by atoms with E-state index in [2.05, 4.69) is 15.3 Å². The van der Waals surface area contributed by atoms with Crippen LogP contribution in [0.2, 0.25) is 10.2 Å². The second-order valence-electron chi connectivity index (χ2n) is 3.82. The zero-order chi connectivity index (χ0) is 15.4. The van der Waals surface area contributed by atoms with Gasteiger partial charge in [-0.25, -0.2) is 9.97 Å². The molecule has 2 rings (SSSR count). The maximum atomic E-state index is 12.3. The van der Waals surface area contributed by atoms with Gasteiger partial charge in [-0.05, 0) is 12.1 Å². The molecule has 0 atom stereocenters. The van der Waals surface area contributed by atoms with Gasteiger partial charge >= 0.3 is 0 Å². The number of hydrogen-bond acceptors (Lipinski definition) is 5. The Morgan fingerprint density at radius 3 is 2.62 bits per heavy atom. The molecular weight excluding hydrogens is 317 g/mol. The lowest BCUT2D eigenvalue weighted by Gasteiger charge is -2.12. The molecule has 0 aliphatic carbocycles. The summed E-state index contributed by atoms with van der Waals surface area (Å²) in [5.41, 5.74) is 0.280. The lowest BCUT2D eigenvalue weighted by atomic mass is 10.1. The Hall–Kier alpha value is -2.05. The molecule has 1 amide bonds. The van der Waals surface area contributed by atoms with Crippen molar-refractivity contribution in [1.29, 1.82) is 0 Å². The van der Waals surface area contributed by atoms with Gasteiger partial charge < -0.3 is 14.8 Å². The molecule has 2 aromatic rings. The normalized spacial score (nSPS) is 10.1. The molecule has 0 bridgehead atoms. The number of methoxy groups -OCH3 is 2. The number of nitrogens with zero attached hydrogens (tertiary/aromatic N) is 2. The van der Waals surface area contributed by atoms with Crippen molar-refractivity contribution in [1.82, 2.24) is 9.97 Å². The van der Waals surface area contributed by atoms with Crippen molar-refractivity contribution in [3.8, 4) is 11.5 Å². The van der Waals surface area contributed by atoms with Crippen LogP contribution in [0.5, 0.6) is 11.5 Å². The van der Waals surface area contributed by atoms with Crippen molar-refractivity contribution < 1.29 is 14.3 Å². The van der Waals surface area contributed by atoms with Crippen LogP contribution in [0, 0.1) is 0 Å². The van der Waals surface area contributed by atoms with Crippen molar-refractivity contribution >= 4 is 34.9 Å². The minimum Gasteiger partial charge on any atom is -0.493 e. The molecule has 8 heteroatoms. The topological polar surface area (TPSA) is 73.3 Å². The molecule has 0 spiro atoms. The number of carbonyl (C=O) groups excluding carboxylic acids is 1. The predicted octanol–water partition coefficient (Wildman–Crippen LogP) is 3.05. The van der Waals surface area contributed by atoms with Crippen LogP contribution < -0.4 is 14.8 Å². The van der Waals surface area contributed by atoms with E-state index in [-0.39, 0.29) is 21.6 Å². The molecule has 1 aromatic heterocycles. The number of para-hydroxylation sites is 1. The standard InChI is InChI=1S/C13H11Cl2N3O3/c1-20-8-5-3-4-7(10(8)21-2)13(19)18-12-9(14)11(15)16-6-17-12/h3-6H,1-2H3,(H,16,17,18,19). The summed E-state index contributed by atoms with van der Waals surface area (Å²) >= 11 is 11.7. The Morgan fingerprint density at radius 2 is 1.95 bits per heavy atom. The van der Waals surface area contributed by atoms with E-state index in [1.54, 1.807) is 18.2 Å². The van der Waals surface area contributed by atoms with Gasteiger partial charge in [0.1, 0.15) is 11.3 Å². The van der Waals surface area contributed by atoms with E-state index in [1.165, 1.54) is 20.5 Å². The van der Waals surface area contributed by atoms with Gasteiger partial charge in [0.05, 0.1) is 19.8 Å². The SMILES string of the molecule is COc1cccc(C(=O)Nc2ncnc(Cl)c2Cl)c1OC. The van der Waals surface area contributed by atoms with Crippen LogP contribution in [-0.2, 0) is 0 Å². The molecule has 0 saturated heterocycles. The molecule has 0 aliphatic rings. The molecule has 0 unspecified atom stereocenters. The highest BCUT2D eigenvalue weighted by molar-refractivity contribution is 6.43. The number of nitrogens with one attached hydrogen (secondary N) is 1. The third-order valence-electron chi connectivity index (χ3n) is 2.63. The van der Waals surface area contributed by atoms with E-state index in [4.69, 9.17) is 32.7 Å². The Kier molecular flexibility index (Phi) is 4.82. The van der Waals surface area contributed by atoms with Crippen molar-refractivity contribution in [2.75, 3.05) is 19.5 Å². The quantitative estimate of drug-likeness (QED) is 0.873.